The minimum Gasteiger partial charge on any atom is -0.480 e. The first-order chi connectivity index (χ1) is 7.27. The SMILES string of the molecule is COc1nc(S(=O)(=O)Cl)c(C(F)F)cc1Cl. The molecule has 16 heavy (non-hydrogen) atoms. The van der Waals surface area contributed by atoms with Gasteiger partial charge in [-0.3, -0.25) is 0 Å². The van der Waals surface area contributed by atoms with E-state index in [1.165, 1.54) is 7.11 Å². The van der Waals surface area contributed by atoms with E-state index in [4.69, 9.17) is 22.3 Å². The van der Waals surface area contributed by atoms with Gasteiger partial charge in [0.15, 0.2) is 5.03 Å². The van der Waals surface area contributed by atoms with Crippen LogP contribution in [0.5, 0.6) is 5.88 Å². The first-order valence-corrected chi connectivity index (χ1v) is 6.43. The lowest BCUT2D eigenvalue weighted by Gasteiger charge is -2.08. The molecule has 9 heteroatoms. The number of nitrogens with zero attached hydrogens (tertiary/aromatic N) is 1. The third-order valence-electron chi connectivity index (χ3n) is 1.60. The third-order valence-corrected chi connectivity index (χ3v) is 3.09. The van der Waals surface area contributed by atoms with Crippen LogP contribution in [0.2, 0.25) is 5.02 Å². The number of aromatic nitrogens is 1. The molecule has 0 saturated carbocycles. The van der Waals surface area contributed by atoms with Gasteiger partial charge in [0.2, 0.25) is 5.88 Å². The summed E-state index contributed by atoms with van der Waals surface area (Å²) in [5.41, 5.74) is -0.860. The van der Waals surface area contributed by atoms with Crippen LogP contribution < -0.4 is 4.74 Å². The van der Waals surface area contributed by atoms with Crippen molar-refractivity contribution in [3.05, 3.63) is 16.7 Å². The van der Waals surface area contributed by atoms with Gasteiger partial charge < -0.3 is 4.74 Å². The predicted molar refractivity (Wildman–Crippen MR) is 53.8 cm³/mol. The molecule has 90 valence electrons. The van der Waals surface area contributed by atoms with E-state index in [1.54, 1.807) is 0 Å². The van der Waals surface area contributed by atoms with Gasteiger partial charge >= 0.3 is 0 Å². The highest BCUT2D eigenvalue weighted by Crippen LogP contribution is 2.33. The first-order valence-electron chi connectivity index (χ1n) is 3.74. The summed E-state index contributed by atoms with van der Waals surface area (Å²) in [5.74, 6) is -0.287. The number of ether oxygens (including phenoxy) is 1. The van der Waals surface area contributed by atoms with Gasteiger partial charge in [-0.25, -0.2) is 17.2 Å². The number of methoxy groups -OCH3 is 1. The number of halogens is 4. The summed E-state index contributed by atoms with van der Waals surface area (Å²) in [5, 5.41) is -1.17. The monoisotopic (exact) mass is 291 g/mol. The summed E-state index contributed by atoms with van der Waals surface area (Å²) >= 11 is 5.54. The van der Waals surface area contributed by atoms with E-state index in [0.717, 1.165) is 6.07 Å². The zero-order chi connectivity index (χ0) is 12.5. The number of pyridine rings is 1. The maximum Gasteiger partial charge on any atom is 0.279 e. The van der Waals surface area contributed by atoms with E-state index < -0.39 is 26.1 Å². The van der Waals surface area contributed by atoms with Crippen LogP contribution in [0.4, 0.5) is 8.78 Å². The van der Waals surface area contributed by atoms with Crippen LogP contribution in [-0.2, 0) is 9.05 Å². The largest absolute Gasteiger partial charge is 0.480 e. The van der Waals surface area contributed by atoms with E-state index >= 15 is 0 Å². The Kier molecular flexibility index (Phi) is 3.92. The first kappa shape index (κ1) is 13.4. The van der Waals surface area contributed by atoms with Crippen molar-refractivity contribution < 1.29 is 21.9 Å². The maximum atomic E-state index is 12.5. The molecule has 0 N–H and O–H groups in total. The van der Waals surface area contributed by atoms with Crippen molar-refractivity contribution in [1.82, 2.24) is 4.98 Å². The smallest absolute Gasteiger partial charge is 0.279 e. The van der Waals surface area contributed by atoms with Crippen LogP contribution in [0.1, 0.15) is 12.0 Å². The average Bonchev–Trinajstić information content (AvgIpc) is 2.15. The molecule has 0 atom stereocenters. The summed E-state index contributed by atoms with van der Waals surface area (Å²) in [6, 6.07) is 0.757. The van der Waals surface area contributed by atoms with Gasteiger partial charge in [0, 0.05) is 10.7 Å². The fraction of sp³-hybridized carbons (Fsp3) is 0.286. The summed E-state index contributed by atoms with van der Waals surface area (Å²) in [6.07, 6.45) is -3.06. The van der Waals surface area contributed by atoms with Gasteiger partial charge in [-0.2, -0.15) is 4.98 Å². The van der Waals surface area contributed by atoms with Crippen molar-refractivity contribution in [2.45, 2.75) is 11.5 Å². The lowest BCUT2D eigenvalue weighted by Crippen LogP contribution is -2.04. The molecule has 1 heterocycles. The van der Waals surface area contributed by atoms with Gasteiger partial charge in [-0.05, 0) is 6.07 Å². The Labute approximate surface area is 99.6 Å². The van der Waals surface area contributed by atoms with Gasteiger partial charge in [0.1, 0.15) is 5.02 Å². The second kappa shape index (κ2) is 4.68. The van der Waals surface area contributed by atoms with E-state index in [-0.39, 0.29) is 10.9 Å². The highest BCUT2D eigenvalue weighted by molar-refractivity contribution is 8.13. The molecule has 0 amide bonds. The fourth-order valence-electron chi connectivity index (χ4n) is 0.965. The Morgan fingerprint density at radius 2 is 2.06 bits per heavy atom. The van der Waals surface area contributed by atoms with Crippen molar-refractivity contribution in [1.29, 1.82) is 0 Å². The third kappa shape index (κ3) is 2.72. The van der Waals surface area contributed by atoms with Crippen LogP contribution in [0.3, 0.4) is 0 Å². The highest BCUT2D eigenvalue weighted by atomic mass is 35.7. The Morgan fingerprint density at radius 1 is 1.50 bits per heavy atom. The second-order valence-electron chi connectivity index (χ2n) is 2.61. The number of alkyl halides is 2. The van der Waals surface area contributed by atoms with Crippen molar-refractivity contribution in [3.8, 4) is 5.88 Å². The van der Waals surface area contributed by atoms with Gasteiger partial charge in [-0.1, -0.05) is 11.6 Å². The molecular weight excluding hydrogens is 287 g/mol. The summed E-state index contributed by atoms with van der Waals surface area (Å²) < 4.78 is 51.6. The minimum atomic E-state index is -4.39. The van der Waals surface area contributed by atoms with Crippen LogP contribution in [0.25, 0.3) is 0 Å². The topological polar surface area (TPSA) is 56.3 Å². The van der Waals surface area contributed by atoms with Crippen molar-refractivity contribution in [2.75, 3.05) is 7.11 Å². The van der Waals surface area contributed by atoms with Crippen LogP contribution in [0.15, 0.2) is 11.1 Å². The van der Waals surface area contributed by atoms with Crippen molar-refractivity contribution in [3.63, 3.8) is 0 Å². The lowest BCUT2D eigenvalue weighted by atomic mass is 10.3. The molecule has 4 nitrogen and oxygen atoms in total. The molecule has 1 aromatic rings. The minimum absolute atomic E-state index is 0.220. The standard InChI is InChI=1S/C7H5Cl2F2NO3S/c1-15-6-4(8)2-3(5(10)11)7(12-6)16(9,13)14/h2,5H,1H3. The van der Waals surface area contributed by atoms with E-state index in [9.17, 15) is 17.2 Å². The lowest BCUT2D eigenvalue weighted by molar-refractivity contribution is 0.147. The Bertz CT molecular complexity index is 507. The summed E-state index contributed by atoms with van der Waals surface area (Å²) in [7, 11) is 1.75. The quantitative estimate of drug-likeness (QED) is 0.803. The zero-order valence-corrected chi connectivity index (χ0v) is 10.1. The molecule has 0 aliphatic carbocycles. The van der Waals surface area contributed by atoms with E-state index in [0.29, 0.717) is 0 Å². The molecule has 0 aliphatic rings. The van der Waals surface area contributed by atoms with Crippen LogP contribution in [-0.4, -0.2) is 20.5 Å². The highest BCUT2D eigenvalue weighted by Gasteiger charge is 2.26. The number of hydrogen-bond donors (Lipinski definition) is 0. The Morgan fingerprint density at radius 3 is 2.44 bits per heavy atom. The van der Waals surface area contributed by atoms with E-state index in [2.05, 4.69) is 9.72 Å². The summed E-state index contributed by atoms with van der Waals surface area (Å²) in [6.45, 7) is 0. The van der Waals surface area contributed by atoms with Gasteiger partial charge in [0.25, 0.3) is 15.5 Å². The molecule has 0 radical (unpaired) electrons. The molecular formula is C7H5Cl2F2NO3S. The normalized spacial score (nSPS) is 11.9. The molecule has 0 aromatic carbocycles. The molecule has 0 aliphatic heterocycles. The van der Waals surface area contributed by atoms with Crippen molar-refractivity contribution >= 4 is 31.3 Å². The van der Waals surface area contributed by atoms with Gasteiger partial charge in [0.05, 0.1) is 12.7 Å². The molecule has 1 rings (SSSR count). The van der Waals surface area contributed by atoms with Crippen molar-refractivity contribution in [2.24, 2.45) is 0 Å². The summed E-state index contributed by atoms with van der Waals surface area (Å²) in [4.78, 5) is 3.33. The maximum absolute atomic E-state index is 12.5. The average molecular weight is 292 g/mol. The Balaban J connectivity index is 3.56. The molecule has 1 aromatic heterocycles. The predicted octanol–water partition coefficient (Wildman–Crippen LogP) is 2.61. The van der Waals surface area contributed by atoms with E-state index in [1.807, 2.05) is 0 Å². The number of hydrogen-bond acceptors (Lipinski definition) is 4. The van der Waals surface area contributed by atoms with Gasteiger partial charge in [-0.15, -0.1) is 0 Å². The van der Waals surface area contributed by atoms with Crippen LogP contribution in [0, 0.1) is 0 Å². The zero-order valence-electron chi connectivity index (χ0n) is 7.75. The Hall–Kier alpha value is -0.660. The number of rotatable bonds is 3. The second-order valence-corrected chi connectivity index (χ2v) is 5.50. The fourth-order valence-corrected chi connectivity index (χ4v) is 2.19. The molecule has 0 unspecified atom stereocenters. The molecule has 0 bridgehead atoms. The molecule has 0 fully saturated rings. The molecule has 0 spiro atoms. The van der Waals surface area contributed by atoms with Crippen LogP contribution >= 0.6 is 22.3 Å². The molecule has 0 saturated heterocycles.